The molecule has 0 bridgehead atoms. The van der Waals surface area contributed by atoms with Crippen LogP contribution in [0, 0.1) is 5.92 Å². The normalized spacial score (nSPS) is 23.9. The van der Waals surface area contributed by atoms with Gasteiger partial charge < -0.3 is 15.0 Å². The third-order valence-corrected chi connectivity index (χ3v) is 5.57. The Morgan fingerprint density at radius 3 is 2.81 bits per heavy atom. The summed E-state index contributed by atoms with van der Waals surface area (Å²) in [5.41, 5.74) is 0.587. The van der Waals surface area contributed by atoms with Crippen molar-refractivity contribution in [2.75, 3.05) is 44.6 Å². The van der Waals surface area contributed by atoms with Crippen molar-refractivity contribution in [2.24, 2.45) is 5.92 Å². The first-order chi connectivity index (χ1) is 13.2. The average Bonchev–Trinajstić information content (AvgIpc) is 3.45. The zero-order valence-electron chi connectivity index (χ0n) is 15.7. The van der Waals surface area contributed by atoms with Gasteiger partial charge >= 0.3 is 0 Å². The topological polar surface area (TPSA) is 74.8 Å². The molecular weight excluding hydrogens is 344 g/mol. The smallest absolute Gasteiger partial charge is 0.254 e. The SMILES string of the molecule is O=C(Nc1cc(C(=O)N2CCCN(CC3CCCO3)CC2)ccn1)C1CC1. The van der Waals surface area contributed by atoms with Crippen molar-refractivity contribution in [3.8, 4) is 0 Å². The van der Waals surface area contributed by atoms with Gasteiger partial charge in [0.1, 0.15) is 5.82 Å². The highest BCUT2D eigenvalue weighted by Crippen LogP contribution is 2.30. The molecule has 146 valence electrons. The van der Waals surface area contributed by atoms with Crippen LogP contribution < -0.4 is 5.32 Å². The molecule has 0 spiro atoms. The number of rotatable bonds is 5. The summed E-state index contributed by atoms with van der Waals surface area (Å²) in [6.07, 6.45) is 7.11. The van der Waals surface area contributed by atoms with Gasteiger partial charge in [-0.1, -0.05) is 0 Å². The molecule has 0 radical (unpaired) electrons. The van der Waals surface area contributed by atoms with Crippen LogP contribution in [-0.4, -0.2) is 72.0 Å². The van der Waals surface area contributed by atoms with E-state index in [1.165, 1.54) is 0 Å². The minimum absolute atomic E-state index is 0.00615. The number of carbonyl (C=O) groups excluding carboxylic acids is 2. The highest BCUT2D eigenvalue weighted by molar-refractivity contribution is 5.97. The Bertz CT molecular complexity index is 686. The lowest BCUT2D eigenvalue weighted by Crippen LogP contribution is -2.37. The van der Waals surface area contributed by atoms with Gasteiger partial charge in [0.05, 0.1) is 6.10 Å². The molecule has 7 nitrogen and oxygen atoms in total. The maximum Gasteiger partial charge on any atom is 0.254 e. The number of amides is 2. The van der Waals surface area contributed by atoms with Gasteiger partial charge in [0.25, 0.3) is 5.91 Å². The van der Waals surface area contributed by atoms with Crippen molar-refractivity contribution >= 4 is 17.6 Å². The fourth-order valence-electron chi connectivity index (χ4n) is 3.82. The minimum atomic E-state index is 0.00615. The number of carbonyl (C=O) groups is 2. The van der Waals surface area contributed by atoms with Gasteiger partial charge in [-0.3, -0.25) is 14.5 Å². The zero-order valence-corrected chi connectivity index (χ0v) is 15.7. The predicted octanol–water partition coefficient (Wildman–Crippen LogP) is 1.76. The van der Waals surface area contributed by atoms with Gasteiger partial charge in [0, 0.05) is 50.5 Å². The molecule has 3 aliphatic rings. The van der Waals surface area contributed by atoms with E-state index in [4.69, 9.17) is 4.74 Å². The van der Waals surface area contributed by atoms with Crippen LogP contribution in [0.25, 0.3) is 0 Å². The van der Waals surface area contributed by atoms with Crippen LogP contribution in [0.1, 0.15) is 42.5 Å². The summed E-state index contributed by atoms with van der Waals surface area (Å²) in [7, 11) is 0. The van der Waals surface area contributed by atoms with Gasteiger partial charge in [-0.2, -0.15) is 0 Å². The van der Waals surface area contributed by atoms with Gasteiger partial charge in [0.2, 0.25) is 5.91 Å². The third-order valence-electron chi connectivity index (χ3n) is 5.57. The van der Waals surface area contributed by atoms with Crippen LogP contribution in [0.2, 0.25) is 0 Å². The van der Waals surface area contributed by atoms with Crippen LogP contribution in [-0.2, 0) is 9.53 Å². The molecule has 2 saturated heterocycles. The number of anilines is 1. The van der Waals surface area contributed by atoms with Crippen LogP contribution in [0.5, 0.6) is 0 Å². The number of aromatic nitrogens is 1. The lowest BCUT2D eigenvalue weighted by molar-refractivity contribution is -0.117. The zero-order chi connectivity index (χ0) is 18.6. The molecule has 3 heterocycles. The summed E-state index contributed by atoms with van der Waals surface area (Å²) < 4.78 is 5.74. The van der Waals surface area contributed by atoms with Crippen LogP contribution in [0.4, 0.5) is 5.82 Å². The van der Waals surface area contributed by atoms with E-state index < -0.39 is 0 Å². The number of pyridine rings is 1. The summed E-state index contributed by atoms with van der Waals surface area (Å²) >= 11 is 0. The molecule has 1 aliphatic carbocycles. The van der Waals surface area contributed by atoms with Crippen LogP contribution in [0.3, 0.4) is 0 Å². The lowest BCUT2D eigenvalue weighted by Gasteiger charge is -2.24. The summed E-state index contributed by atoms with van der Waals surface area (Å²) in [6.45, 7) is 5.20. The van der Waals surface area contributed by atoms with Gasteiger partial charge in [-0.25, -0.2) is 4.98 Å². The van der Waals surface area contributed by atoms with E-state index in [2.05, 4.69) is 15.2 Å². The van der Waals surface area contributed by atoms with Gasteiger partial charge in [0.15, 0.2) is 0 Å². The molecule has 1 N–H and O–H groups in total. The summed E-state index contributed by atoms with van der Waals surface area (Å²) in [4.78, 5) is 33.4. The Kier molecular flexibility index (Phi) is 5.69. The molecule has 4 rings (SSSR count). The van der Waals surface area contributed by atoms with Crippen molar-refractivity contribution in [1.29, 1.82) is 0 Å². The van der Waals surface area contributed by atoms with Crippen LogP contribution >= 0.6 is 0 Å². The van der Waals surface area contributed by atoms with Crippen molar-refractivity contribution in [1.82, 2.24) is 14.8 Å². The first-order valence-electron chi connectivity index (χ1n) is 10.1. The monoisotopic (exact) mass is 372 g/mol. The highest BCUT2D eigenvalue weighted by atomic mass is 16.5. The predicted molar refractivity (Wildman–Crippen MR) is 102 cm³/mol. The molecule has 2 aliphatic heterocycles. The number of nitrogens with one attached hydrogen (secondary N) is 1. The van der Waals surface area contributed by atoms with E-state index in [-0.39, 0.29) is 17.7 Å². The van der Waals surface area contributed by atoms with E-state index in [1.807, 2.05) is 4.90 Å². The highest BCUT2D eigenvalue weighted by Gasteiger charge is 2.30. The average molecular weight is 372 g/mol. The van der Waals surface area contributed by atoms with E-state index in [1.54, 1.807) is 18.3 Å². The second-order valence-electron chi connectivity index (χ2n) is 7.77. The molecule has 0 aromatic carbocycles. The summed E-state index contributed by atoms with van der Waals surface area (Å²) in [5.74, 6) is 0.601. The Labute approximate surface area is 160 Å². The Balaban J connectivity index is 1.33. The number of hydrogen-bond acceptors (Lipinski definition) is 5. The van der Waals surface area contributed by atoms with Crippen molar-refractivity contribution in [3.05, 3.63) is 23.9 Å². The van der Waals surface area contributed by atoms with E-state index >= 15 is 0 Å². The largest absolute Gasteiger partial charge is 0.377 e. The Morgan fingerprint density at radius 2 is 2.04 bits per heavy atom. The Hall–Kier alpha value is -1.99. The van der Waals surface area contributed by atoms with E-state index in [0.29, 0.717) is 17.5 Å². The second-order valence-corrected chi connectivity index (χ2v) is 7.77. The van der Waals surface area contributed by atoms with Crippen LogP contribution in [0.15, 0.2) is 18.3 Å². The molecular formula is C20H28N4O3. The molecule has 2 amide bonds. The second kappa shape index (κ2) is 8.35. The molecule has 1 aromatic heterocycles. The minimum Gasteiger partial charge on any atom is -0.377 e. The fourth-order valence-corrected chi connectivity index (χ4v) is 3.82. The van der Waals surface area contributed by atoms with E-state index in [0.717, 1.165) is 71.4 Å². The fraction of sp³-hybridized carbons (Fsp3) is 0.650. The number of ether oxygens (including phenoxy) is 1. The molecule has 1 unspecified atom stereocenters. The van der Waals surface area contributed by atoms with Gasteiger partial charge in [-0.05, 0) is 50.8 Å². The van der Waals surface area contributed by atoms with Crippen molar-refractivity contribution in [2.45, 2.75) is 38.2 Å². The van der Waals surface area contributed by atoms with Crippen molar-refractivity contribution < 1.29 is 14.3 Å². The third kappa shape index (κ3) is 4.84. The van der Waals surface area contributed by atoms with Crippen molar-refractivity contribution in [3.63, 3.8) is 0 Å². The molecule has 3 fully saturated rings. The molecule has 1 aromatic rings. The summed E-state index contributed by atoms with van der Waals surface area (Å²) in [6, 6.07) is 3.42. The molecule has 27 heavy (non-hydrogen) atoms. The quantitative estimate of drug-likeness (QED) is 0.852. The lowest BCUT2D eigenvalue weighted by atomic mass is 10.2. The number of hydrogen-bond donors (Lipinski definition) is 1. The molecule has 1 atom stereocenters. The molecule has 1 saturated carbocycles. The maximum atomic E-state index is 12.9. The standard InChI is InChI=1S/C20H28N4O3/c25-19(15-4-5-15)22-18-13-16(6-7-21-18)20(26)24-9-2-8-23(10-11-24)14-17-3-1-12-27-17/h6-7,13,15,17H,1-5,8-12,14H2,(H,21,22,25). The van der Waals surface area contributed by atoms with E-state index in [9.17, 15) is 9.59 Å². The first kappa shape index (κ1) is 18.4. The maximum absolute atomic E-state index is 12.9. The number of nitrogens with zero attached hydrogens (tertiary/aromatic N) is 3. The first-order valence-corrected chi connectivity index (χ1v) is 10.1. The Morgan fingerprint density at radius 1 is 1.15 bits per heavy atom. The summed E-state index contributed by atoms with van der Waals surface area (Å²) in [5, 5.41) is 2.82. The van der Waals surface area contributed by atoms with Gasteiger partial charge in [-0.15, -0.1) is 0 Å². The molecule has 7 heteroatoms.